The Kier molecular flexibility index (Phi) is 4.66. The summed E-state index contributed by atoms with van der Waals surface area (Å²) >= 11 is 6.18. The first-order valence-corrected chi connectivity index (χ1v) is 10.4. The van der Waals surface area contributed by atoms with Crippen LogP contribution in [0.15, 0.2) is 54.6 Å². The SMILES string of the molecule is CC(C)(C)c1cc(-c2ccc3ccc4ccc(Cl)nc4c3n2)cc(C(C)(C)C)c1. The largest absolute Gasteiger partial charge is 0.245 e. The van der Waals surface area contributed by atoms with E-state index in [4.69, 9.17) is 16.6 Å². The van der Waals surface area contributed by atoms with Gasteiger partial charge in [-0.15, -0.1) is 0 Å². The van der Waals surface area contributed by atoms with Crippen molar-refractivity contribution in [3.63, 3.8) is 0 Å². The third-order valence-corrected chi connectivity index (χ3v) is 5.66. The van der Waals surface area contributed by atoms with Gasteiger partial charge >= 0.3 is 0 Å². The fourth-order valence-electron chi connectivity index (χ4n) is 3.55. The summed E-state index contributed by atoms with van der Waals surface area (Å²) in [5.74, 6) is 0. The van der Waals surface area contributed by atoms with Gasteiger partial charge in [0.05, 0.1) is 16.7 Å². The van der Waals surface area contributed by atoms with Gasteiger partial charge in [-0.25, -0.2) is 9.97 Å². The first-order chi connectivity index (χ1) is 13.5. The summed E-state index contributed by atoms with van der Waals surface area (Å²) in [5, 5.41) is 2.60. The molecule has 3 heteroatoms. The van der Waals surface area contributed by atoms with E-state index in [-0.39, 0.29) is 10.8 Å². The van der Waals surface area contributed by atoms with Crippen LogP contribution in [0.1, 0.15) is 52.7 Å². The quantitative estimate of drug-likeness (QED) is 0.241. The first kappa shape index (κ1) is 19.8. The molecule has 0 aliphatic rings. The van der Waals surface area contributed by atoms with Crippen LogP contribution in [0, 0.1) is 0 Å². The summed E-state index contributed by atoms with van der Waals surface area (Å²) < 4.78 is 0. The van der Waals surface area contributed by atoms with Crippen LogP contribution in [0.3, 0.4) is 0 Å². The van der Waals surface area contributed by atoms with Crippen LogP contribution in [0.5, 0.6) is 0 Å². The van der Waals surface area contributed by atoms with E-state index in [1.807, 2.05) is 12.1 Å². The number of fused-ring (bicyclic) bond motifs is 3. The normalized spacial score (nSPS) is 12.7. The lowest BCUT2D eigenvalue weighted by Crippen LogP contribution is -2.16. The van der Waals surface area contributed by atoms with Gasteiger partial charge in [-0.05, 0) is 52.3 Å². The Balaban J connectivity index is 1.99. The zero-order chi connectivity index (χ0) is 21.0. The molecule has 0 spiro atoms. The van der Waals surface area contributed by atoms with E-state index in [9.17, 15) is 0 Å². The Morgan fingerprint density at radius 3 is 1.66 bits per heavy atom. The molecule has 0 radical (unpaired) electrons. The molecule has 4 aromatic rings. The minimum Gasteiger partial charge on any atom is -0.245 e. The molecule has 0 unspecified atom stereocenters. The molecule has 29 heavy (non-hydrogen) atoms. The molecule has 0 atom stereocenters. The third kappa shape index (κ3) is 3.86. The van der Waals surface area contributed by atoms with E-state index in [0.29, 0.717) is 5.15 Å². The zero-order valence-corrected chi connectivity index (χ0v) is 18.7. The number of hydrogen-bond donors (Lipinski definition) is 0. The Labute approximate surface area is 178 Å². The number of hydrogen-bond acceptors (Lipinski definition) is 2. The fourth-order valence-corrected chi connectivity index (χ4v) is 3.69. The van der Waals surface area contributed by atoms with Crippen LogP contribution in [-0.4, -0.2) is 9.97 Å². The lowest BCUT2D eigenvalue weighted by molar-refractivity contribution is 0.569. The van der Waals surface area contributed by atoms with Gasteiger partial charge in [0, 0.05) is 16.3 Å². The minimum absolute atomic E-state index is 0.0641. The molecule has 0 bridgehead atoms. The number of halogens is 1. The summed E-state index contributed by atoms with van der Waals surface area (Å²) in [4.78, 5) is 9.60. The highest BCUT2D eigenvalue weighted by Gasteiger charge is 2.21. The van der Waals surface area contributed by atoms with Crippen molar-refractivity contribution in [3.05, 3.63) is 70.9 Å². The second-order valence-corrected chi connectivity index (χ2v) is 10.2. The maximum absolute atomic E-state index is 6.18. The van der Waals surface area contributed by atoms with Crippen molar-refractivity contribution in [2.24, 2.45) is 0 Å². The molecule has 2 heterocycles. The molecule has 2 aromatic heterocycles. The van der Waals surface area contributed by atoms with Gasteiger partial charge in [0.1, 0.15) is 5.15 Å². The Bertz CT molecular complexity index is 1200. The number of benzene rings is 2. The third-order valence-electron chi connectivity index (χ3n) is 5.45. The first-order valence-electron chi connectivity index (χ1n) is 10.0. The van der Waals surface area contributed by atoms with Gasteiger partial charge in [-0.3, -0.25) is 0 Å². The Hall–Kier alpha value is -2.45. The summed E-state index contributed by atoms with van der Waals surface area (Å²) in [6.45, 7) is 13.5. The molecule has 2 nitrogen and oxygen atoms in total. The van der Waals surface area contributed by atoms with E-state index in [0.717, 1.165) is 33.1 Å². The molecule has 0 aliphatic carbocycles. The topological polar surface area (TPSA) is 25.8 Å². The molecule has 0 N–H and O–H groups in total. The average molecular weight is 403 g/mol. The molecule has 2 aromatic carbocycles. The number of pyridine rings is 2. The second-order valence-electron chi connectivity index (χ2n) is 9.84. The molecule has 0 saturated carbocycles. The zero-order valence-electron chi connectivity index (χ0n) is 18.0. The lowest BCUT2D eigenvalue weighted by atomic mass is 9.79. The van der Waals surface area contributed by atoms with Gasteiger partial charge in [-0.2, -0.15) is 0 Å². The van der Waals surface area contributed by atoms with Crippen molar-refractivity contribution < 1.29 is 0 Å². The van der Waals surface area contributed by atoms with Gasteiger partial charge in [0.15, 0.2) is 0 Å². The smallest absolute Gasteiger partial charge is 0.129 e. The number of aromatic nitrogens is 2. The molecular formula is C26H27ClN2. The van der Waals surface area contributed by atoms with Crippen LogP contribution in [0.2, 0.25) is 5.15 Å². The van der Waals surface area contributed by atoms with Crippen molar-refractivity contribution in [1.82, 2.24) is 9.97 Å². The molecule has 0 saturated heterocycles. The van der Waals surface area contributed by atoms with Crippen molar-refractivity contribution in [2.75, 3.05) is 0 Å². The Morgan fingerprint density at radius 1 is 0.621 bits per heavy atom. The van der Waals surface area contributed by atoms with Crippen LogP contribution < -0.4 is 0 Å². The Morgan fingerprint density at radius 2 is 1.10 bits per heavy atom. The maximum Gasteiger partial charge on any atom is 0.129 e. The van der Waals surface area contributed by atoms with Gasteiger partial charge in [-0.1, -0.05) is 77.4 Å². The average Bonchev–Trinajstić information content (AvgIpc) is 2.65. The molecular weight excluding hydrogens is 376 g/mol. The summed E-state index contributed by atoms with van der Waals surface area (Å²) in [6, 6.07) is 19.1. The van der Waals surface area contributed by atoms with E-state index in [1.54, 1.807) is 0 Å². The van der Waals surface area contributed by atoms with Gasteiger partial charge in [0.25, 0.3) is 0 Å². The number of nitrogens with zero attached hydrogens (tertiary/aromatic N) is 2. The highest BCUT2D eigenvalue weighted by atomic mass is 35.5. The predicted octanol–water partition coefficient (Wildman–Crippen LogP) is 7.70. The summed E-state index contributed by atoms with van der Waals surface area (Å²) in [5.41, 5.74) is 6.61. The molecule has 148 valence electrons. The predicted molar refractivity (Wildman–Crippen MR) is 125 cm³/mol. The van der Waals surface area contributed by atoms with E-state index in [2.05, 4.69) is 89.0 Å². The highest BCUT2D eigenvalue weighted by molar-refractivity contribution is 6.30. The fraction of sp³-hybridized carbons (Fsp3) is 0.308. The highest BCUT2D eigenvalue weighted by Crippen LogP contribution is 2.34. The van der Waals surface area contributed by atoms with Crippen LogP contribution in [-0.2, 0) is 10.8 Å². The van der Waals surface area contributed by atoms with Crippen molar-refractivity contribution in [2.45, 2.75) is 52.4 Å². The summed E-state index contributed by atoms with van der Waals surface area (Å²) in [7, 11) is 0. The van der Waals surface area contributed by atoms with Crippen LogP contribution in [0.25, 0.3) is 33.1 Å². The van der Waals surface area contributed by atoms with Crippen molar-refractivity contribution in [3.8, 4) is 11.3 Å². The molecule has 0 fully saturated rings. The van der Waals surface area contributed by atoms with E-state index in [1.165, 1.54) is 11.1 Å². The second kappa shape index (κ2) is 6.81. The van der Waals surface area contributed by atoms with Crippen molar-refractivity contribution >= 4 is 33.4 Å². The van der Waals surface area contributed by atoms with E-state index < -0.39 is 0 Å². The molecule has 0 aliphatic heterocycles. The van der Waals surface area contributed by atoms with Crippen molar-refractivity contribution in [1.29, 1.82) is 0 Å². The minimum atomic E-state index is 0.0641. The summed E-state index contributed by atoms with van der Waals surface area (Å²) in [6.07, 6.45) is 0. The van der Waals surface area contributed by atoms with E-state index >= 15 is 0 Å². The van der Waals surface area contributed by atoms with Gasteiger partial charge < -0.3 is 0 Å². The molecule has 4 rings (SSSR count). The number of rotatable bonds is 1. The lowest BCUT2D eigenvalue weighted by Gasteiger charge is -2.26. The standard InChI is InChI=1S/C26H27ClN2/c1-25(2,3)19-13-18(14-20(15-19)26(4,5)6)21-11-9-16-7-8-17-10-12-22(27)29-24(17)23(16)28-21/h7-15H,1-6H3. The van der Waals surface area contributed by atoms with Crippen LogP contribution in [0.4, 0.5) is 0 Å². The maximum atomic E-state index is 6.18. The van der Waals surface area contributed by atoms with Crippen LogP contribution >= 0.6 is 11.6 Å². The monoisotopic (exact) mass is 402 g/mol. The molecule has 0 amide bonds. The van der Waals surface area contributed by atoms with Gasteiger partial charge in [0.2, 0.25) is 0 Å².